The third-order valence-electron chi connectivity index (χ3n) is 7.42. The highest BCUT2D eigenvalue weighted by atomic mass is 15.3. The molecular formula is C22H25N5. The van der Waals surface area contributed by atoms with Gasteiger partial charge in [-0.15, -0.1) is 0 Å². The van der Waals surface area contributed by atoms with Gasteiger partial charge in [-0.1, -0.05) is 12.2 Å². The molecule has 27 heavy (non-hydrogen) atoms. The minimum Gasteiger partial charge on any atom is -0.369 e. The lowest BCUT2D eigenvalue weighted by Gasteiger charge is -2.35. The molecule has 0 N–H and O–H groups in total. The maximum absolute atomic E-state index is 9.52. The monoisotopic (exact) mass is 359 g/mol. The van der Waals surface area contributed by atoms with E-state index in [0.29, 0.717) is 35.9 Å². The van der Waals surface area contributed by atoms with Crippen LogP contribution >= 0.6 is 0 Å². The van der Waals surface area contributed by atoms with Crippen molar-refractivity contribution in [3.8, 4) is 6.19 Å². The van der Waals surface area contributed by atoms with Gasteiger partial charge in [-0.05, 0) is 50.7 Å². The highest BCUT2D eigenvalue weighted by Crippen LogP contribution is 2.48. The van der Waals surface area contributed by atoms with E-state index < -0.39 is 0 Å². The summed E-state index contributed by atoms with van der Waals surface area (Å²) in [7, 11) is 0. The fourth-order valence-corrected chi connectivity index (χ4v) is 5.99. The molecule has 0 spiro atoms. The van der Waals surface area contributed by atoms with Gasteiger partial charge < -0.3 is 9.80 Å². The Hall–Kier alpha value is -2.35. The molecule has 4 fully saturated rings. The maximum Gasteiger partial charge on any atom is 0.179 e. The van der Waals surface area contributed by atoms with E-state index in [1.807, 2.05) is 6.20 Å². The first kappa shape index (κ1) is 15.7. The van der Waals surface area contributed by atoms with Gasteiger partial charge >= 0.3 is 0 Å². The molecule has 5 heteroatoms. The van der Waals surface area contributed by atoms with Crippen molar-refractivity contribution in [1.29, 1.82) is 5.26 Å². The van der Waals surface area contributed by atoms with Crippen molar-refractivity contribution < 1.29 is 0 Å². The minimum absolute atomic E-state index is 0.291. The Morgan fingerprint density at radius 3 is 2.85 bits per heavy atom. The average Bonchev–Trinajstić information content (AvgIpc) is 3.23. The predicted molar refractivity (Wildman–Crippen MR) is 101 cm³/mol. The molecule has 5 aliphatic rings. The van der Waals surface area contributed by atoms with Crippen LogP contribution in [0.3, 0.4) is 0 Å². The van der Waals surface area contributed by atoms with Gasteiger partial charge in [-0.25, -0.2) is 9.97 Å². The molecule has 1 aromatic rings. The average molecular weight is 359 g/mol. The second-order valence-electron chi connectivity index (χ2n) is 8.81. The summed E-state index contributed by atoms with van der Waals surface area (Å²) in [6.45, 7) is 1.10. The molecule has 0 amide bonds. The largest absolute Gasteiger partial charge is 0.369 e. The fourth-order valence-electron chi connectivity index (χ4n) is 5.99. The second-order valence-corrected chi connectivity index (χ2v) is 8.81. The molecule has 2 bridgehead atoms. The van der Waals surface area contributed by atoms with Gasteiger partial charge in [0, 0.05) is 47.9 Å². The lowest BCUT2D eigenvalue weighted by atomic mass is 9.84. The molecule has 0 aromatic carbocycles. The van der Waals surface area contributed by atoms with E-state index in [9.17, 15) is 5.26 Å². The van der Waals surface area contributed by atoms with E-state index in [0.717, 1.165) is 25.2 Å². The first-order valence-corrected chi connectivity index (χ1v) is 10.5. The van der Waals surface area contributed by atoms with Gasteiger partial charge in [-0.3, -0.25) is 0 Å². The van der Waals surface area contributed by atoms with Crippen LogP contribution in [0.15, 0.2) is 36.2 Å². The topological polar surface area (TPSA) is 56.1 Å². The summed E-state index contributed by atoms with van der Waals surface area (Å²) in [6.07, 6.45) is 18.4. The summed E-state index contributed by atoms with van der Waals surface area (Å²) in [4.78, 5) is 14.3. The van der Waals surface area contributed by atoms with Crippen LogP contribution in [0, 0.1) is 17.4 Å². The zero-order valence-electron chi connectivity index (χ0n) is 15.5. The molecule has 5 nitrogen and oxygen atoms in total. The van der Waals surface area contributed by atoms with Crippen molar-refractivity contribution in [2.75, 3.05) is 6.54 Å². The van der Waals surface area contributed by atoms with Gasteiger partial charge in [-0.2, -0.15) is 5.26 Å². The van der Waals surface area contributed by atoms with Crippen LogP contribution in [-0.2, 0) is 0 Å². The van der Waals surface area contributed by atoms with E-state index in [1.165, 1.54) is 37.1 Å². The lowest BCUT2D eigenvalue weighted by molar-refractivity contribution is 0.223. The van der Waals surface area contributed by atoms with Gasteiger partial charge in [0.1, 0.15) is 5.82 Å². The molecule has 3 aliphatic heterocycles. The Kier molecular flexibility index (Phi) is 3.38. The van der Waals surface area contributed by atoms with Crippen molar-refractivity contribution in [2.45, 2.75) is 68.5 Å². The number of rotatable bonds is 3. The first-order valence-electron chi connectivity index (χ1n) is 10.5. The molecule has 6 rings (SSSR count). The minimum atomic E-state index is 0.291. The van der Waals surface area contributed by atoms with Crippen LogP contribution < -0.4 is 0 Å². The number of likely N-dealkylation sites (tertiary alicyclic amines) is 1. The second kappa shape index (κ2) is 5.82. The van der Waals surface area contributed by atoms with Crippen molar-refractivity contribution in [1.82, 2.24) is 19.8 Å². The molecule has 3 saturated heterocycles. The van der Waals surface area contributed by atoms with E-state index >= 15 is 0 Å². The van der Waals surface area contributed by atoms with E-state index in [1.54, 1.807) is 0 Å². The van der Waals surface area contributed by atoms with E-state index in [-0.39, 0.29) is 0 Å². The summed E-state index contributed by atoms with van der Waals surface area (Å²) in [5.41, 5.74) is 2.69. The molecule has 5 unspecified atom stereocenters. The van der Waals surface area contributed by atoms with Crippen molar-refractivity contribution in [2.24, 2.45) is 5.92 Å². The van der Waals surface area contributed by atoms with E-state index in [2.05, 4.69) is 45.3 Å². The Balaban J connectivity index is 1.27. The summed E-state index contributed by atoms with van der Waals surface area (Å²) in [5, 5.41) is 9.52. The molecule has 138 valence electrons. The predicted octanol–water partition coefficient (Wildman–Crippen LogP) is 3.30. The molecular weight excluding hydrogens is 334 g/mol. The quantitative estimate of drug-likeness (QED) is 0.775. The zero-order chi connectivity index (χ0) is 18.0. The lowest BCUT2D eigenvalue weighted by Crippen LogP contribution is -2.41. The Morgan fingerprint density at radius 1 is 1.11 bits per heavy atom. The number of nitriles is 1. The standard InChI is InChI=1S/C22H25N5/c23-13-27-15-6-7-20(27)21(12-15)26-11-9-16-17(2-1-3-19(16)26)22-24-10-8-18(25-22)14-4-5-14/h1-3,8,10,14-17,20-21H,4-7,9,11-12H2. The fraction of sp³-hybridized carbons (Fsp3) is 0.591. The van der Waals surface area contributed by atoms with Gasteiger partial charge in [0.05, 0.1) is 12.1 Å². The first-order chi connectivity index (χ1) is 13.3. The molecule has 1 saturated carbocycles. The van der Waals surface area contributed by atoms with Gasteiger partial charge in [0.15, 0.2) is 6.19 Å². The van der Waals surface area contributed by atoms with Crippen LogP contribution in [-0.4, -0.2) is 44.4 Å². The molecule has 1 aromatic heterocycles. The third kappa shape index (κ3) is 2.35. The van der Waals surface area contributed by atoms with E-state index in [4.69, 9.17) is 4.98 Å². The normalized spacial score (nSPS) is 36.7. The summed E-state index contributed by atoms with van der Waals surface area (Å²) >= 11 is 0. The summed E-state index contributed by atoms with van der Waals surface area (Å²) in [5.74, 6) is 2.44. The van der Waals surface area contributed by atoms with Crippen LogP contribution in [0.25, 0.3) is 0 Å². The maximum atomic E-state index is 9.52. The molecule has 2 aliphatic carbocycles. The SMILES string of the molecule is N#CN1C2CCC1C(N1CCC3C1=CC=CC3c1nccc(C3CC3)n1)C2. The summed E-state index contributed by atoms with van der Waals surface area (Å²) in [6, 6.07) is 3.49. The molecule has 0 radical (unpaired) electrons. The Bertz CT molecular complexity index is 864. The number of fused-ring (bicyclic) bond motifs is 3. The third-order valence-corrected chi connectivity index (χ3v) is 7.42. The van der Waals surface area contributed by atoms with Crippen molar-refractivity contribution in [3.63, 3.8) is 0 Å². The van der Waals surface area contributed by atoms with Crippen LogP contribution in [0.2, 0.25) is 0 Å². The summed E-state index contributed by atoms with van der Waals surface area (Å²) < 4.78 is 0. The van der Waals surface area contributed by atoms with Gasteiger partial charge in [0.25, 0.3) is 0 Å². The highest BCUT2D eigenvalue weighted by Gasteiger charge is 2.51. The number of allylic oxidation sites excluding steroid dienone is 4. The Labute approximate surface area is 160 Å². The molecule has 5 atom stereocenters. The smallest absolute Gasteiger partial charge is 0.179 e. The van der Waals surface area contributed by atoms with Crippen LogP contribution in [0.5, 0.6) is 0 Å². The number of nitrogens with zero attached hydrogens (tertiary/aromatic N) is 5. The molecule has 4 heterocycles. The van der Waals surface area contributed by atoms with Crippen LogP contribution in [0.1, 0.15) is 61.9 Å². The number of aromatic nitrogens is 2. The van der Waals surface area contributed by atoms with Crippen LogP contribution in [0.4, 0.5) is 0 Å². The number of hydrogen-bond acceptors (Lipinski definition) is 5. The number of hydrogen-bond donors (Lipinski definition) is 0. The Morgan fingerprint density at radius 2 is 2.04 bits per heavy atom. The van der Waals surface area contributed by atoms with Crippen molar-refractivity contribution in [3.05, 3.63) is 47.7 Å². The van der Waals surface area contributed by atoms with Gasteiger partial charge in [0.2, 0.25) is 0 Å². The highest BCUT2D eigenvalue weighted by molar-refractivity contribution is 5.33. The van der Waals surface area contributed by atoms with Crippen molar-refractivity contribution >= 4 is 0 Å². The zero-order valence-corrected chi connectivity index (χ0v) is 15.5.